The summed E-state index contributed by atoms with van der Waals surface area (Å²) in [6, 6.07) is 10.8. The molecule has 0 fully saturated rings. The number of hydrogen-bond donors (Lipinski definition) is 1. The maximum atomic E-state index is 5.64. The van der Waals surface area contributed by atoms with Gasteiger partial charge in [-0.15, -0.1) is 0 Å². The second-order valence-electron chi connectivity index (χ2n) is 2.98. The summed E-state index contributed by atoms with van der Waals surface area (Å²) in [7, 11) is 0. The molecule has 12 heavy (non-hydrogen) atoms. The Morgan fingerprint density at radius 3 is 2.58 bits per heavy atom. The van der Waals surface area contributed by atoms with E-state index >= 15 is 0 Å². The molecule has 1 aromatic rings. The van der Waals surface area contributed by atoms with Crippen molar-refractivity contribution in [2.75, 3.05) is 5.75 Å². The van der Waals surface area contributed by atoms with Gasteiger partial charge in [-0.25, -0.2) is 0 Å². The van der Waals surface area contributed by atoms with Crippen LogP contribution in [0.1, 0.15) is 12.5 Å². The van der Waals surface area contributed by atoms with Crippen LogP contribution in [0, 0.1) is 0 Å². The molecule has 2 heteroatoms. The minimum absolute atomic E-state index is 0.304. The summed E-state index contributed by atoms with van der Waals surface area (Å²) in [5, 5.41) is 0. The molecule has 0 saturated carbocycles. The first-order valence-corrected chi connectivity index (χ1v) is 5.32. The molecule has 2 N–H and O–H groups in total. The Kier molecular flexibility index (Phi) is 4.19. The highest BCUT2D eigenvalue weighted by atomic mass is 32.2. The summed E-state index contributed by atoms with van der Waals surface area (Å²) >= 11 is 1.89. The molecule has 1 nitrogen and oxygen atoms in total. The fourth-order valence-electron chi connectivity index (χ4n) is 0.937. The van der Waals surface area contributed by atoms with Crippen LogP contribution in [0.25, 0.3) is 0 Å². The molecule has 0 amide bonds. The number of hydrogen-bond acceptors (Lipinski definition) is 2. The predicted octanol–water partition coefficient (Wildman–Crippen LogP) is 2.27. The van der Waals surface area contributed by atoms with E-state index in [4.69, 9.17) is 5.73 Å². The smallest absolute Gasteiger partial charge is 0.0185 e. The van der Waals surface area contributed by atoms with Crippen molar-refractivity contribution >= 4 is 11.8 Å². The van der Waals surface area contributed by atoms with E-state index in [1.165, 1.54) is 5.56 Å². The molecule has 0 aliphatic heterocycles. The maximum absolute atomic E-state index is 5.64. The van der Waals surface area contributed by atoms with Gasteiger partial charge in [0.1, 0.15) is 0 Å². The SMILES string of the molecule is C[C@H](N)CSCc1ccccc1. The molecule has 0 unspecified atom stereocenters. The quantitative estimate of drug-likeness (QED) is 0.771. The average molecular weight is 181 g/mol. The van der Waals surface area contributed by atoms with Gasteiger partial charge in [0.15, 0.2) is 0 Å². The summed E-state index contributed by atoms with van der Waals surface area (Å²) in [4.78, 5) is 0. The van der Waals surface area contributed by atoms with Crippen molar-refractivity contribution in [1.29, 1.82) is 0 Å². The van der Waals surface area contributed by atoms with Crippen LogP contribution in [0.5, 0.6) is 0 Å². The third-order valence-corrected chi connectivity index (χ3v) is 2.79. The second-order valence-corrected chi connectivity index (χ2v) is 4.01. The van der Waals surface area contributed by atoms with Crippen LogP contribution in [0.4, 0.5) is 0 Å². The first-order valence-electron chi connectivity index (χ1n) is 4.16. The number of nitrogens with two attached hydrogens (primary N) is 1. The van der Waals surface area contributed by atoms with E-state index in [2.05, 4.69) is 24.3 Å². The Balaban J connectivity index is 2.25. The van der Waals surface area contributed by atoms with Gasteiger partial charge in [0.2, 0.25) is 0 Å². The Morgan fingerprint density at radius 1 is 1.33 bits per heavy atom. The van der Waals surface area contributed by atoms with Gasteiger partial charge in [-0.3, -0.25) is 0 Å². The average Bonchev–Trinajstić information content (AvgIpc) is 2.05. The van der Waals surface area contributed by atoms with Crippen molar-refractivity contribution in [2.24, 2.45) is 5.73 Å². The fraction of sp³-hybridized carbons (Fsp3) is 0.400. The van der Waals surface area contributed by atoms with Gasteiger partial charge < -0.3 is 5.73 Å². The number of benzene rings is 1. The van der Waals surface area contributed by atoms with Crippen molar-refractivity contribution in [3.05, 3.63) is 35.9 Å². The van der Waals surface area contributed by atoms with E-state index in [0.717, 1.165) is 11.5 Å². The summed E-state index contributed by atoms with van der Waals surface area (Å²) in [6.07, 6.45) is 0. The molecular weight excluding hydrogens is 166 g/mol. The zero-order valence-electron chi connectivity index (χ0n) is 7.36. The van der Waals surface area contributed by atoms with Crippen molar-refractivity contribution in [1.82, 2.24) is 0 Å². The molecule has 1 atom stereocenters. The Morgan fingerprint density at radius 2 is 2.00 bits per heavy atom. The summed E-state index contributed by atoms with van der Waals surface area (Å²) < 4.78 is 0. The summed E-state index contributed by atoms with van der Waals surface area (Å²) in [5.41, 5.74) is 7.01. The van der Waals surface area contributed by atoms with Crippen LogP contribution < -0.4 is 5.73 Å². The molecule has 66 valence electrons. The van der Waals surface area contributed by atoms with E-state index in [0.29, 0.717) is 6.04 Å². The normalized spacial score (nSPS) is 12.8. The van der Waals surface area contributed by atoms with E-state index in [1.807, 2.05) is 24.8 Å². The van der Waals surface area contributed by atoms with Gasteiger partial charge in [0.25, 0.3) is 0 Å². The van der Waals surface area contributed by atoms with E-state index in [9.17, 15) is 0 Å². The monoisotopic (exact) mass is 181 g/mol. The van der Waals surface area contributed by atoms with Crippen LogP contribution in [-0.2, 0) is 5.75 Å². The lowest BCUT2D eigenvalue weighted by Gasteiger charge is -2.03. The molecule has 0 heterocycles. The predicted molar refractivity (Wildman–Crippen MR) is 56.3 cm³/mol. The lowest BCUT2D eigenvalue weighted by molar-refractivity contribution is 0.847. The highest BCUT2D eigenvalue weighted by molar-refractivity contribution is 7.98. The zero-order valence-corrected chi connectivity index (χ0v) is 8.18. The third-order valence-electron chi connectivity index (χ3n) is 1.49. The molecule has 0 aliphatic carbocycles. The first-order chi connectivity index (χ1) is 5.79. The Hall–Kier alpha value is -0.470. The van der Waals surface area contributed by atoms with Crippen molar-refractivity contribution in [3.8, 4) is 0 Å². The zero-order chi connectivity index (χ0) is 8.81. The van der Waals surface area contributed by atoms with E-state index < -0.39 is 0 Å². The van der Waals surface area contributed by atoms with Gasteiger partial charge in [-0.2, -0.15) is 11.8 Å². The molecular formula is C10H15NS. The molecule has 0 spiro atoms. The van der Waals surface area contributed by atoms with Gasteiger partial charge in [0, 0.05) is 17.5 Å². The molecule has 1 rings (SSSR count). The molecule has 0 bridgehead atoms. The topological polar surface area (TPSA) is 26.0 Å². The van der Waals surface area contributed by atoms with E-state index in [1.54, 1.807) is 0 Å². The largest absolute Gasteiger partial charge is 0.327 e. The second kappa shape index (κ2) is 5.22. The minimum Gasteiger partial charge on any atom is -0.327 e. The molecule has 0 aliphatic rings. The van der Waals surface area contributed by atoms with Gasteiger partial charge in [-0.1, -0.05) is 30.3 Å². The van der Waals surface area contributed by atoms with Crippen LogP contribution in [0.2, 0.25) is 0 Å². The minimum atomic E-state index is 0.304. The maximum Gasteiger partial charge on any atom is 0.0185 e. The lowest BCUT2D eigenvalue weighted by Crippen LogP contribution is -2.17. The number of rotatable bonds is 4. The lowest BCUT2D eigenvalue weighted by atomic mass is 10.2. The fourth-order valence-corrected chi connectivity index (χ4v) is 1.85. The van der Waals surface area contributed by atoms with Crippen LogP contribution in [0.3, 0.4) is 0 Å². The first kappa shape index (κ1) is 9.62. The van der Waals surface area contributed by atoms with Crippen molar-refractivity contribution in [2.45, 2.75) is 18.7 Å². The van der Waals surface area contributed by atoms with Crippen LogP contribution >= 0.6 is 11.8 Å². The van der Waals surface area contributed by atoms with Gasteiger partial charge in [0.05, 0.1) is 0 Å². The van der Waals surface area contributed by atoms with E-state index in [-0.39, 0.29) is 0 Å². The van der Waals surface area contributed by atoms with Crippen LogP contribution in [-0.4, -0.2) is 11.8 Å². The number of thioether (sulfide) groups is 1. The van der Waals surface area contributed by atoms with Gasteiger partial charge >= 0.3 is 0 Å². The van der Waals surface area contributed by atoms with Gasteiger partial charge in [-0.05, 0) is 12.5 Å². The molecule has 0 saturated heterocycles. The molecule has 0 aromatic heterocycles. The third kappa shape index (κ3) is 3.79. The van der Waals surface area contributed by atoms with Crippen molar-refractivity contribution < 1.29 is 0 Å². The van der Waals surface area contributed by atoms with Crippen LogP contribution in [0.15, 0.2) is 30.3 Å². The highest BCUT2D eigenvalue weighted by Crippen LogP contribution is 2.11. The highest BCUT2D eigenvalue weighted by Gasteiger charge is 1.95. The van der Waals surface area contributed by atoms with Crippen molar-refractivity contribution in [3.63, 3.8) is 0 Å². The summed E-state index contributed by atoms with van der Waals surface area (Å²) in [6.45, 7) is 2.04. The molecule has 1 aromatic carbocycles. The Labute approximate surface area is 78.4 Å². The Bertz CT molecular complexity index is 208. The molecule has 0 radical (unpaired) electrons. The summed E-state index contributed by atoms with van der Waals surface area (Å²) in [5.74, 6) is 2.11. The standard InChI is InChI=1S/C10H15NS/c1-9(11)7-12-8-10-5-3-2-4-6-10/h2-6,9H,7-8,11H2,1H3/t9-/m0/s1.